The lowest BCUT2D eigenvalue weighted by atomic mass is 10.2. The summed E-state index contributed by atoms with van der Waals surface area (Å²) in [5.74, 6) is 0.862. The van der Waals surface area contributed by atoms with Gasteiger partial charge in [-0.15, -0.1) is 0 Å². The third-order valence-corrected chi connectivity index (χ3v) is 2.31. The number of ether oxygens (including phenoxy) is 2. The highest BCUT2D eigenvalue weighted by atomic mass is 19.3. The van der Waals surface area contributed by atoms with E-state index < -0.39 is 6.43 Å². The minimum Gasteiger partial charge on any atom is -0.493 e. The summed E-state index contributed by atoms with van der Waals surface area (Å²) >= 11 is 0. The van der Waals surface area contributed by atoms with Crippen LogP contribution in [-0.2, 0) is 0 Å². The van der Waals surface area contributed by atoms with E-state index in [4.69, 9.17) is 9.47 Å². The van der Waals surface area contributed by atoms with Crippen LogP contribution in [0.4, 0.5) is 8.78 Å². The van der Waals surface area contributed by atoms with E-state index in [2.05, 4.69) is 10.2 Å². The first-order valence-corrected chi connectivity index (χ1v) is 4.55. The Labute approximate surface area is 90.2 Å². The van der Waals surface area contributed by atoms with Gasteiger partial charge < -0.3 is 9.47 Å². The van der Waals surface area contributed by atoms with Gasteiger partial charge in [-0.3, -0.25) is 5.10 Å². The molecule has 0 aliphatic rings. The van der Waals surface area contributed by atoms with Crippen LogP contribution in [0.3, 0.4) is 0 Å². The minimum atomic E-state index is -2.59. The van der Waals surface area contributed by atoms with Gasteiger partial charge in [-0.1, -0.05) is 0 Å². The minimum absolute atomic E-state index is 0.212. The smallest absolute Gasteiger partial charge is 0.280 e. The predicted octanol–water partition coefficient (Wildman–Crippen LogP) is 2.52. The van der Waals surface area contributed by atoms with Crippen LogP contribution in [0, 0.1) is 0 Å². The fourth-order valence-electron chi connectivity index (χ4n) is 1.52. The highest BCUT2D eigenvalue weighted by Gasteiger charge is 2.17. The van der Waals surface area contributed by atoms with Crippen molar-refractivity contribution < 1.29 is 18.3 Å². The number of H-pyrrole nitrogens is 1. The number of aromatic nitrogens is 2. The summed E-state index contributed by atoms with van der Waals surface area (Å²) < 4.78 is 35.3. The molecule has 0 radical (unpaired) electrons. The molecule has 0 aliphatic heterocycles. The van der Waals surface area contributed by atoms with Crippen molar-refractivity contribution in [1.29, 1.82) is 0 Å². The standard InChI is InChI=1S/C10H10F2N2O2/c1-15-7-3-5-6(4-8(7)16-2)13-14-9(5)10(11)12/h3-4,10H,1-2H3,(H,13,14). The molecule has 2 aromatic rings. The maximum absolute atomic E-state index is 12.6. The van der Waals surface area contributed by atoms with Gasteiger partial charge in [0.25, 0.3) is 6.43 Å². The molecule has 16 heavy (non-hydrogen) atoms. The number of fused-ring (bicyclic) bond motifs is 1. The summed E-state index contributed by atoms with van der Waals surface area (Å²) in [5.41, 5.74) is 0.212. The molecule has 0 atom stereocenters. The normalized spacial score (nSPS) is 11.1. The van der Waals surface area contributed by atoms with Crippen molar-refractivity contribution in [3.63, 3.8) is 0 Å². The van der Waals surface area contributed by atoms with E-state index in [-0.39, 0.29) is 5.69 Å². The summed E-state index contributed by atoms with van der Waals surface area (Å²) in [6, 6.07) is 3.04. The number of alkyl halides is 2. The van der Waals surface area contributed by atoms with E-state index in [0.717, 1.165) is 0 Å². The number of benzene rings is 1. The Bertz CT molecular complexity index is 511. The van der Waals surface area contributed by atoms with Gasteiger partial charge in [0, 0.05) is 11.5 Å². The first kappa shape index (κ1) is 10.7. The third kappa shape index (κ3) is 1.56. The van der Waals surface area contributed by atoms with Gasteiger partial charge in [0.2, 0.25) is 0 Å². The van der Waals surface area contributed by atoms with Crippen molar-refractivity contribution in [2.24, 2.45) is 0 Å². The zero-order chi connectivity index (χ0) is 11.7. The van der Waals surface area contributed by atoms with Crippen LogP contribution in [0.2, 0.25) is 0 Å². The molecule has 0 bridgehead atoms. The number of aromatic amines is 1. The van der Waals surface area contributed by atoms with Crippen LogP contribution in [-0.4, -0.2) is 24.4 Å². The van der Waals surface area contributed by atoms with Crippen LogP contribution in [0.5, 0.6) is 11.5 Å². The van der Waals surface area contributed by atoms with Crippen molar-refractivity contribution >= 4 is 10.9 Å². The average molecular weight is 228 g/mol. The molecule has 0 spiro atoms. The summed E-state index contributed by atoms with van der Waals surface area (Å²) in [6.45, 7) is 0. The Balaban J connectivity index is 2.66. The molecular weight excluding hydrogens is 218 g/mol. The summed E-state index contributed by atoms with van der Waals surface area (Å²) in [4.78, 5) is 0. The summed E-state index contributed by atoms with van der Waals surface area (Å²) in [7, 11) is 2.93. The number of rotatable bonds is 3. The lowest BCUT2D eigenvalue weighted by Crippen LogP contribution is -1.90. The van der Waals surface area contributed by atoms with Crippen LogP contribution >= 0.6 is 0 Å². The number of nitrogens with zero attached hydrogens (tertiary/aromatic N) is 1. The second-order valence-electron chi connectivity index (χ2n) is 3.16. The number of halogens is 2. The van der Waals surface area contributed by atoms with Crippen molar-refractivity contribution in [1.82, 2.24) is 10.2 Å². The molecule has 0 saturated heterocycles. The molecule has 0 saturated carbocycles. The van der Waals surface area contributed by atoms with E-state index in [0.29, 0.717) is 22.4 Å². The molecule has 0 fully saturated rings. The van der Waals surface area contributed by atoms with Gasteiger partial charge >= 0.3 is 0 Å². The van der Waals surface area contributed by atoms with Crippen LogP contribution in [0.1, 0.15) is 12.1 Å². The molecule has 1 heterocycles. The topological polar surface area (TPSA) is 47.1 Å². The van der Waals surface area contributed by atoms with Crippen LogP contribution in [0.25, 0.3) is 10.9 Å². The number of nitrogens with one attached hydrogen (secondary N) is 1. The molecule has 1 aromatic heterocycles. The fourth-order valence-corrected chi connectivity index (χ4v) is 1.52. The molecule has 0 aliphatic carbocycles. The Hall–Kier alpha value is -1.85. The highest BCUT2D eigenvalue weighted by molar-refractivity contribution is 5.85. The molecular formula is C10H10F2N2O2. The Morgan fingerprint density at radius 1 is 1.19 bits per heavy atom. The van der Waals surface area contributed by atoms with E-state index in [1.807, 2.05) is 0 Å². The Kier molecular flexibility index (Phi) is 2.64. The number of hydrogen-bond acceptors (Lipinski definition) is 3. The second kappa shape index (κ2) is 3.96. The lowest BCUT2D eigenvalue weighted by molar-refractivity contribution is 0.147. The zero-order valence-corrected chi connectivity index (χ0v) is 8.75. The monoisotopic (exact) mass is 228 g/mol. The first-order chi connectivity index (χ1) is 7.67. The van der Waals surface area contributed by atoms with Gasteiger partial charge in [0.1, 0.15) is 5.69 Å². The van der Waals surface area contributed by atoms with Gasteiger partial charge in [-0.2, -0.15) is 5.10 Å². The van der Waals surface area contributed by atoms with Crippen LogP contribution in [0.15, 0.2) is 12.1 Å². The molecule has 1 N–H and O–H groups in total. The van der Waals surface area contributed by atoms with E-state index >= 15 is 0 Å². The number of methoxy groups -OCH3 is 2. The molecule has 4 nitrogen and oxygen atoms in total. The predicted molar refractivity (Wildman–Crippen MR) is 54.2 cm³/mol. The third-order valence-electron chi connectivity index (χ3n) is 2.31. The number of hydrogen-bond donors (Lipinski definition) is 1. The maximum Gasteiger partial charge on any atom is 0.280 e. The summed E-state index contributed by atoms with van der Waals surface area (Å²) in [6.07, 6.45) is -2.59. The average Bonchev–Trinajstić information content (AvgIpc) is 2.69. The SMILES string of the molecule is COc1cc2n[nH]c(C(F)F)c2cc1OC. The van der Waals surface area contributed by atoms with Gasteiger partial charge in [0.05, 0.1) is 19.7 Å². The van der Waals surface area contributed by atoms with Crippen molar-refractivity contribution in [3.8, 4) is 11.5 Å². The molecule has 2 rings (SSSR count). The van der Waals surface area contributed by atoms with Gasteiger partial charge in [-0.05, 0) is 6.07 Å². The fraction of sp³-hybridized carbons (Fsp3) is 0.300. The Morgan fingerprint density at radius 2 is 1.81 bits per heavy atom. The van der Waals surface area contributed by atoms with Crippen molar-refractivity contribution in [2.45, 2.75) is 6.43 Å². The molecule has 0 amide bonds. The van der Waals surface area contributed by atoms with E-state index in [1.165, 1.54) is 20.3 Å². The molecule has 86 valence electrons. The zero-order valence-electron chi connectivity index (χ0n) is 8.75. The van der Waals surface area contributed by atoms with E-state index in [9.17, 15) is 8.78 Å². The maximum atomic E-state index is 12.6. The highest BCUT2D eigenvalue weighted by Crippen LogP contribution is 2.34. The van der Waals surface area contributed by atoms with Crippen molar-refractivity contribution in [2.75, 3.05) is 14.2 Å². The van der Waals surface area contributed by atoms with Gasteiger partial charge in [-0.25, -0.2) is 8.78 Å². The molecule has 6 heteroatoms. The Morgan fingerprint density at radius 3 is 2.38 bits per heavy atom. The second-order valence-corrected chi connectivity index (χ2v) is 3.16. The summed E-state index contributed by atoms with van der Waals surface area (Å²) in [5, 5.41) is 6.43. The lowest BCUT2D eigenvalue weighted by Gasteiger charge is -2.07. The van der Waals surface area contributed by atoms with Crippen LogP contribution < -0.4 is 9.47 Å². The molecule has 1 aromatic carbocycles. The van der Waals surface area contributed by atoms with E-state index in [1.54, 1.807) is 6.07 Å². The van der Waals surface area contributed by atoms with Crippen molar-refractivity contribution in [3.05, 3.63) is 17.8 Å². The largest absolute Gasteiger partial charge is 0.493 e. The first-order valence-electron chi connectivity index (χ1n) is 4.55. The quantitative estimate of drug-likeness (QED) is 0.878. The molecule has 0 unspecified atom stereocenters. The van der Waals surface area contributed by atoms with Gasteiger partial charge in [0.15, 0.2) is 11.5 Å².